The average Bonchev–Trinajstić information content (AvgIpc) is 3.01. The second-order valence-corrected chi connectivity index (χ2v) is 4.75. The molecule has 0 spiro atoms. The molecule has 0 saturated carbocycles. The molecule has 0 aliphatic rings. The molecule has 0 bridgehead atoms. The number of nitrogens with one attached hydrogen (secondary N) is 1. The summed E-state index contributed by atoms with van der Waals surface area (Å²) in [6.45, 7) is 0.335. The van der Waals surface area contributed by atoms with Crippen LogP contribution in [-0.2, 0) is 9.53 Å². The van der Waals surface area contributed by atoms with Gasteiger partial charge in [-0.15, -0.1) is 0 Å². The number of carbonyl (C=O) groups is 1. The second-order valence-electron chi connectivity index (χ2n) is 4.34. The van der Waals surface area contributed by atoms with Crippen LogP contribution < -0.4 is 5.32 Å². The van der Waals surface area contributed by atoms with Crippen molar-refractivity contribution >= 4 is 23.6 Å². The first kappa shape index (κ1) is 15.4. The highest BCUT2D eigenvalue weighted by Crippen LogP contribution is 2.24. The smallest absolute Gasteiger partial charge is 0.244 e. The normalized spacial score (nSPS) is 12.5. The summed E-state index contributed by atoms with van der Waals surface area (Å²) in [6, 6.07) is 10.9. The summed E-state index contributed by atoms with van der Waals surface area (Å²) < 4.78 is 10.5. The largest absolute Gasteiger partial charge is 0.465 e. The lowest BCUT2D eigenvalue weighted by Crippen LogP contribution is -2.27. The maximum absolute atomic E-state index is 11.7. The van der Waals surface area contributed by atoms with Gasteiger partial charge in [-0.1, -0.05) is 29.8 Å². The molecule has 5 heteroatoms. The summed E-state index contributed by atoms with van der Waals surface area (Å²) >= 11 is 6.12. The van der Waals surface area contributed by atoms with Gasteiger partial charge >= 0.3 is 0 Å². The highest BCUT2D eigenvalue weighted by Gasteiger charge is 2.14. The van der Waals surface area contributed by atoms with E-state index in [1.54, 1.807) is 37.6 Å². The number of halogens is 1. The fourth-order valence-corrected chi connectivity index (χ4v) is 2.11. The average molecular weight is 306 g/mol. The Morgan fingerprint density at radius 1 is 1.38 bits per heavy atom. The van der Waals surface area contributed by atoms with Crippen molar-refractivity contribution in [2.24, 2.45) is 0 Å². The van der Waals surface area contributed by atoms with E-state index in [1.807, 2.05) is 18.2 Å². The first-order valence-electron chi connectivity index (χ1n) is 6.47. The predicted octanol–water partition coefficient (Wildman–Crippen LogP) is 3.45. The van der Waals surface area contributed by atoms with Crippen LogP contribution in [0.2, 0.25) is 5.02 Å². The van der Waals surface area contributed by atoms with Crippen LogP contribution in [0.3, 0.4) is 0 Å². The van der Waals surface area contributed by atoms with E-state index in [4.69, 9.17) is 20.8 Å². The fraction of sp³-hybridized carbons (Fsp3) is 0.188. The highest BCUT2D eigenvalue weighted by molar-refractivity contribution is 6.31. The monoisotopic (exact) mass is 305 g/mol. The maximum atomic E-state index is 11.7. The van der Waals surface area contributed by atoms with Gasteiger partial charge in [-0.2, -0.15) is 0 Å². The number of amides is 1. The van der Waals surface area contributed by atoms with Crippen LogP contribution in [0.15, 0.2) is 53.2 Å². The zero-order valence-electron chi connectivity index (χ0n) is 11.6. The number of ether oxygens (including phenoxy) is 1. The SMILES string of the molecule is CO[C@@H](CNC(=O)/C=C/c1ccco1)c1ccccc1Cl. The lowest BCUT2D eigenvalue weighted by molar-refractivity contribution is -0.117. The van der Waals surface area contributed by atoms with Gasteiger partial charge < -0.3 is 14.5 Å². The minimum Gasteiger partial charge on any atom is -0.465 e. The van der Waals surface area contributed by atoms with Crippen LogP contribution in [0.1, 0.15) is 17.4 Å². The van der Waals surface area contributed by atoms with Gasteiger partial charge in [-0.05, 0) is 24.3 Å². The van der Waals surface area contributed by atoms with Crippen LogP contribution in [-0.4, -0.2) is 19.6 Å². The Hall–Kier alpha value is -2.04. The Kier molecular flexibility index (Phi) is 5.60. The van der Waals surface area contributed by atoms with Gasteiger partial charge in [-0.25, -0.2) is 0 Å². The molecule has 2 rings (SSSR count). The molecule has 0 aliphatic carbocycles. The minimum atomic E-state index is -0.292. The number of rotatable bonds is 6. The van der Waals surface area contributed by atoms with E-state index in [-0.39, 0.29) is 12.0 Å². The topological polar surface area (TPSA) is 51.5 Å². The van der Waals surface area contributed by atoms with Gasteiger partial charge in [0.1, 0.15) is 11.9 Å². The number of hydrogen-bond donors (Lipinski definition) is 1. The fourth-order valence-electron chi connectivity index (χ4n) is 1.85. The van der Waals surface area contributed by atoms with Gasteiger partial charge in [0.2, 0.25) is 5.91 Å². The standard InChI is InChI=1S/C16H16ClNO3/c1-20-15(13-6-2-3-7-14(13)17)11-18-16(19)9-8-12-5-4-10-21-12/h2-10,15H,11H2,1H3,(H,18,19)/b9-8+/t15-/m0/s1. The lowest BCUT2D eigenvalue weighted by atomic mass is 10.1. The Morgan fingerprint density at radius 3 is 2.86 bits per heavy atom. The molecule has 1 heterocycles. The number of methoxy groups -OCH3 is 1. The highest BCUT2D eigenvalue weighted by atomic mass is 35.5. The zero-order valence-corrected chi connectivity index (χ0v) is 12.3. The third-order valence-corrected chi connectivity index (χ3v) is 3.28. The molecular formula is C16H16ClNO3. The summed E-state index contributed by atoms with van der Waals surface area (Å²) in [7, 11) is 1.58. The lowest BCUT2D eigenvalue weighted by Gasteiger charge is -2.17. The Bertz CT molecular complexity index is 608. The van der Waals surface area contributed by atoms with Crippen molar-refractivity contribution in [2.75, 3.05) is 13.7 Å². The summed E-state index contributed by atoms with van der Waals surface area (Å²) in [5.74, 6) is 0.403. The summed E-state index contributed by atoms with van der Waals surface area (Å²) in [4.78, 5) is 11.7. The third-order valence-electron chi connectivity index (χ3n) is 2.94. The van der Waals surface area contributed by atoms with Gasteiger partial charge in [0.25, 0.3) is 0 Å². The molecule has 1 aromatic heterocycles. The molecule has 0 aliphatic heterocycles. The van der Waals surface area contributed by atoms with E-state index < -0.39 is 0 Å². The van der Waals surface area contributed by atoms with Crippen LogP contribution in [0, 0.1) is 0 Å². The van der Waals surface area contributed by atoms with Crippen LogP contribution in [0.4, 0.5) is 0 Å². The quantitative estimate of drug-likeness (QED) is 0.832. The first-order valence-corrected chi connectivity index (χ1v) is 6.85. The van der Waals surface area contributed by atoms with E-state index in [0.29, 0.717) is 17.3 Å². The number of hydrogen-bond acceptors (Lipinski definition) is 3. The molecular weight excluding hydrogens is 290 g/mol. The van der Waals surface area contributed by atoms with Crippen LogP contribution in [0.5, 0.6) is 0 Å². The van der Waals surface area contributed by atoms with Crippen molar-refractivity contribution in [1.82, 2.24) is 5.32 Å². The minimum absolute atomic E-state index is 0.222. The van der Waals surface area contributed by atoms with Crippen molar-refractivity contribution < 1.29 is 13.9 Å². The van der Waals surface area contributed by atoms with Gasteiger partial charge in [0.15, 0.2) is 0 Å². The third kappa shape index (κ3) is 4.48. The number of furan rings is 1. The number of benzene rings is 1. The zero-order chi connectivity index (χ0) is 15.1. The molecule has 21 heavy (non-hydrogen) atoms. The molecule has 1 N–H and O–H groups in total. The molecule has 1 aromatic carbocycles. The number of carbonyl (C=O) groups excluding carboxylic acids is 1. The van der Waals surface area contributed by atoms with Crippen molar-refractivity contribution in [1.29, 1.82) is 0 Å². The van der Waals surface area contributed by atoms with Crippen molar-refractivity contribution in [2.45, 2.75) is 6.10 Å². The van der Waals surface area contributed by atoms with E-state index in [0.717, 1.165) is 5.56 Å². The van der Waals surface area contributed by atoms with Crippen molar-refractivity contribution in [3.63, 3.8) is 0 Å². The van der Waals surface area contributed by atoms with E-state index in [9.17, 15) is 4.79 Å². The van der Waals surface area contributed by atoms with Gasteiger partial charge in [-0.3, -0.25) is 4.79 Å². The summed E-state index contributed by atoms with van der Waals surface area (Å²) in [5.41, 5.74) is 0.844. The van der Waals surface area contributed by atoms with Crippen LogP contribution in [0.25, 0.3) is 6.08 Å². The molecule has 0 fully saturated rings. The molecule has 0 saturated heterocycles. The van der Waals surface area contributed by atoms with Crippen molar-refractivity contribution in [3.05, 3.63) is 65.1 Å². The Morgan fingerprint density at radius 2 is 2.19 bits per heavy atom. The van der Waals surface area contributed by atoms with E-state index in [1.165, 1.54) is 6.08 Å². The molecule has 0 radical (unpaired) electrons. The molecule has 0 unspecified atom stereocenters. The van der Waals surface area contributed by atoms with Gasteiger partial charge in [0.05, 0.1) is 6.26 Å². The Labute approximate surface area is 128 Å². The van der Waals surface area contributed by atoms with Crippen LogP contribution >= 0.6 is 11.6 Å². The summed E-state index contributed by atoms with van der Waals surface area (Å²) in [5, 5.41) is 3.39. The molecule has 1 atom stereocenters. The Balaban J connectivity index is 1.91. The van der Waals surface area contributed by atoms with E-state index in [2.05, 4.69) is 5.32 Å². The van der Waals surface area contributed by atoms with Gasteiger partial charge in [0, 0.05) is 30.3 Å². The maximum Gasteiger partial charge on any atom is 0.244 e. The molecule has 110 valence electrons. The first-order chi connectivity index (χ1) is 10.2. The molecule has 4 nitrogen and oxygen atoms in total. The predicted molar refractivity (Wildman–Crippen MR) is 82.0 cm³/mol. The second kappa shape index (κ2) is 7.67. The molecule has 2 aromatic rings. The van der Waals surface area contributed by atoms with E-state index >= 15 is 0 Å². The molecule has 1 amide bonds. The summed E-state index contributed by atoms with van der Waals surface area (Å²) in [6.07, 6.45) is 4.28. The van der Waals surface area contributed by atoms with Crippen molar-refractivity contribution in [3.8, 4) is 0 Å².